The van der Waals surface area contributed by atoms with Gasteiger partial charge in [-0.15, -0.1) is 0 Å². The van der Waals surface area contributed by atoms with E-state index in [1.165, 1.54) is 5.56 Å². The highest BCUT2D eigenvalue weighted by molar-refractivity contribution is 5.97. The van der Waals surface area contributed by atoms with Crippen LogP contribution in [0, 0.1) is 13.8 Å². The number of nitrogens with zero attached hydrogens (tertiary/aromatic N) is 1. The number of aliphatic imine (C=N–C) groups is 1. The Morgan fingerprint density at radius 2 is 2.00 bits per heavy atom. The van der Waals surface area contributed by atoms with E-state index in [0.29, 0.717) is 24.6 Å². The molecule has 0 aliphatic heterocycles. The van der Waals surface area contributed by atoms with Crippen LogP contribution in [-0.4, -0.2) is 18.9 Å². The van der Waals surface area contributed by atoms with E-state index in [1.54, 1.807) is 6.08 Å². The predicted molar refractivity (Wildman–Crippen MR) is 73.6 cm³/mol. The quantitative estimate of drug-likeness (QED) is 0.532. The zero-order chi connectivity index (χ0) is 12.8. The minimum atomic E-state index is 0.411. The summed E-state index contributed by atoms with van der Waals surface area (Å²) < 4.78 is 0. The SMILES string of the molecule is Cc1cccc(/C(N)=C/C(N)=NCCN)c1C. The molecule has 0 unspecified atom stereocenters. The molecule has 1 aromatic carbocycles. The van der Waals surface area contributed by atoms with E-state index in [4.69, 9.17) is 17.2 Å². The molecule has 0 heterocycles. The molecular formula is C13H20N4. The Bertz CT molecular complexity index is 447. The first-order chi connectivity index (χ1) is 8.06. The van der Waals surface area contributed by atoms with Crippen molar-refractivity contribution in [1.29, 1.82) is 0 Å². The number of rotatable bonds is 4. The fourth-order valence-electron chi connectivity index (χ4n) is 1.54. The van der Waals surface area contributed by atoms with Crippen LogP contribution in [0.2, 0.25) is 0 Å². The summed E-state index contributed by atoms with van der Waals surface area (Å²) in [6.07, 6.45) is 1.68. The molecule has 0 aromatic heterocycles. The highest BCUT2D eigenvalue weighted by Gasteiger charge is 2.03. The average Bonchev–Trinajstić information content (AvgIpc) is 2.29. The lowest BCUT2D eigenvalue weighted by Crippen LogP contribution is -2.14. The monoisotopic (exact) mass is 232 g/mol. The first-order valence-corrected chi connectivity index (χ1v) is 5.60. The Morgan fingerprint density at radius 1 is 1.29 bits per heavy atom. The number of nitrogens with two attached hydrogens (primary N) is 3. The number of amidine groups is 1. The third-order valence-corrected chi connectivity index (χ3v) is 2.64. The van der Waals surface area contributed by atoms with Crippen LogP contribution in [0.25, 0.3) is 5.70 Å². The number of hydrogen-bond donors (Lipinski definition) is 3. The van der Waals surface area contributed by atoms with Crippen LogP contribution < -0.4 is 17.2 Å². The van der Waals surface area contributed by atoms with Gasteiger partial charge < -0.3 is 17.2 Å². The maximum Gasteiger partial charge on any atom is 0.120 e. The summed E-state index contributed by atoms with van der Waals surface area (Å²) in [6, 6.07) is 6.01. The molecule has 0 radical (unpaired) electrons. The van der Waals surface area contributed by atoms with Crippen LogP contribution in [0.15, 0.2) is 29.3 Å². The average molecular weight is 232 g/mol. The van der Waals surface area contributed by atoms with Crippen molar-refractivity contribution < 1.29 is 0 Å². The summed E-state index contributed by atoms with van der Waals surface area (Å²) in [5, 5.41) is 0. The van der Waals surface area contributed by atoms with Gasteiger partial charge in [-0.3, -0.25) is 4.99 Å². The standard InChI is InChI=1S/C13H20N4/c1-9-4-3-5-11(10(9)2)12(15)8-13(16)17-7-6-14/h3-5,8H,6-7,14-15H2,1-2H3,(H2,16,17)/b12-8-. The second-order valence-corrected chi connectivity index (χ2v) is 3.94. The van der Waals surface area contributed by atoms with Gasteiger partial charge in [-0.05, 0) is 25.0 Å². The van der Waals surface area contributed by atoms with Gasteiger partial charge in [0, 0.05) is 23.9 Å². The van der Waals surface area contributed by atoms with E-state index in [1.807, 2.05) is 19.1 Å². The lowest BCUT2D eigenvalue weighted by molar-refractivity contribution is 0.974. The minimum absolute atomic E-state index is 0.411. The van der Waals surface area contributed by atoms with Crippen molar-refractivity contribution in [3.8, 4) is 0 Å². The van der Waals surface area contributed by atoms with Crippen LogP contribution in [-0.2, 0) is 0 Å². The predicted octanol–water partition coefficient (Wildman–Crippen LogP) is 0.919. The molecule has 4 heteroatoms. The van der Waals surface area contributed by atoms with Crippen LogP contribution in [0.4, 0.5) is 0 Å². The molecule has 4 nitrogen and oxygen atoms in total. The normalized spacial score (nSPS) is 12.9. The zero-order valence-electron chi connectivity index (χ0n) is 10.4. The highest BCUT2D eigenvalue weighted by atomic mass is 14.9. The molecule has 92 valence electrons. The van der Waals surface area contributed by atoms with Crippen molar-refractivity contribution in [2.45, 2.75) is 13.8 Å². The largest absolute Gasteiger partial charge is 0.398 e. The third-order valence-electron chi connectivity index (χ3n) is 2.64. The molecule has 0 fully saturated rings. The van der Waals surface area contributed by atoms with Gasteiger partial charge in [0.15, 0.2) is 0 Å². The van der Waals surface area contributed by atoms with Gasteiger partial charge in [0.2, 0.25) is 0 Å². The van der Waals surface area contributed by atoms with Crippen molar-refractivity contribution in [2.24, 2.45) is 22.2 Å². The van der Waals surface area contributed by atoms with Gasteiger partial charge in [-0.1, -0.05) is 18.2 Å². The Kier molecular flexibility index (Phi) is 4.72. The van der Waals surface area contributed by atoms with E-state index in [2.05, 4.69) is 18.0 Å². The molecule has 0 aliphatic carbocycles. The van der Waals surface area contributed by atoms with E-state index >= 15 is 0 Å². The van der Waals surface area contributed by atoms with Gasteiger partial charge in [-0.2, -0.15) is 0 Å². The summed E-state index contributed by atoms with van der Waals surface area (Å²) >= 11 is 0. The van der Waals surface area contributed by atoms with Gasteiger partial charge >= 0.3 is 0 Å². The molecule has 17 heavy (non-hydrogen) atoms. The molecule has 1 rings (SSSR count). The lowest BCUT2D eigenvalue weighted by Gasteiger charge is -2.08. The second-order valence-electron chi connectivity index (χ2n) is 3.94. The molecule has 1 aromatic rings. The topological polar surface area (TPSA) is 90.4 Å². The molecule has 6 N–H and O–H groups in total. The van der Waals surface area contributed by atoms with Gasteiger partial charge in [0.25, 0.3) is 0 Å². The summed E-state index contributed by atoms with van der Waals surface area (Å²) in [5.74, 6) is 0.411. The summed E-state index contributed by atoms with van der Waals surface area (Å²) in [6.45, 7) is 5.09. The van der Waals surface area contributed by atoms with E-state index < -0.39 is 0 Å². The number of aryl methyl sites for hydroxylation is 1. The summed E-state index contributed by atoms with van der Waals surface area (Å²) in [4.78, 5) is 4.07. The fraction of sp³-hybridized carbons (Fsp3) is 0.308. The minimum Gasteiger partial charge on any atom is -0.398 e. The Hall–Kier alpha value is -1.81. The molecule has 0 atom stereocenters. The van der Waals surface area contributed by atoms with Gasteiger partial charge in [0.1, 0.15) is 5.84 Å². The van der Waals surface area contributed by atoms with Gasteiger partial charge in [-0.25, -0.2) is 0 Å². The van der Waals surface area contributed by atoms with Crippen LogP contribution in [0.3, 0.4) is 0 Å². The van der Waals surface area contributed by atoms with Crippen molar-refractivity contribution in [2.75, 3.05) is 13.1 Å². The number of hydrogen-bond acceptors (Lipinski definition) is 3. The fourth-order valence-corrected chi connectivity index (χ4v) is 1.54. The molecule has 0 saturated heterocycles. The third kappa shape index (κ3) is 3.60. The van der Waals surface area contributed by atoms with Crippen LogP contribution >= 0.6 is 0 Å². The van der Waals surface area contributed by atoms with Crippen LogP contribution in [0.1, 0.15) is 16.7 Å². The van der Waals surface area contributed by atoms with Crippen molar-refractivity contribution >= 4 is 11.5 Å². The Morgan fingerprint density at radius 3 is 2.65 bits per heavy atom. The highest BCUT2D eigenvalue weighted by Crippen LogP contribution is 2.17. The van der Waals surface area contributed by atoms with Gasteiger partial charge in [0.05, 0.1) is 6.54 Å². The summed E-state index contributed by atoms with van der Waals surface area (Å²) in [5.41, 5.74) is 21.1. The molecule has 0 bridgehead atoms. The maximum atomic E-state index is 6.01. The number of benzene rings is 1. The van der Waals surface area contributed by atoms with Crippen molar-refractivity contribution in [1.82, 2.24) is 0 Å². The van der Waals surface area contributed by atoms with E-state index in [9.17, 15) is 0 Å². The smallest absolute Gasteiger partial charge is 0.120 e. The molecule has 0 amide bonds. The summed E-state index contributed by atoms with van der Waals surface area (Å²) in [7, 11) is 0. The second kappa shape index (κ2) is 6.06. The van der Waals surface area contributed by atoms with Crippen molar-refractivity contribution in [3.63, 3.8) is 0 Å². The zero-order valence-corrected chi connectivity index (χ0v) is 10.4. The van der Waals surface area contributed by atoms with E-state index in [0.717, 1.165) is 11.1 Å². The molecular weight excluding hydrogens is 212 g/mol. The Labute approximate surface area is 102 Å². The van der Waals surface area contributed by atoms with Crippen LogP contribution in [0.5, 0.6) is 0 Å². The first-order valence-electron chi connectivity index (χ1n) is 5.60. The first kappa shape index (κ1) is 13.3. The molecule has 0 saturated carbocycles. The molecule has 0 aliphatic rings. The Balaban J connectivity index is 3.00. The molecule has 0 spiro atoms. The van der Waals surface area contributed by atoms with E-state index in [-0.39, 0.29) is 0 Å². The lowest BCUT2D eigenvalue weighted by atomic mass is 10.0. The maximum absolute atomic E-state index is 6.01. The van der Waals surface area contributed by atoms with Crippen molar-refractivity contribution in [3.05, 3.63) is 41.0 Å².